The number of halogens is 1. The predicted octanol–water partition coefficient (Wildman–Crippen LogP) is 6.96. The molecule has 0 aromatic heterocycles. The average molecular weight is 460 g/mol. The summed E-state index contributed by atoms with van der Waals surface area (Å²) in [4.78, 5) is 12.9. The summed E-state index contributed by atoms with van der Waals surface area (Å²) < 4.78 is 11.9. The van der Waals surface area contributed by atoms with Crippen LogP contribution in [0, 0.1) is 0 Å². The summed E-state index contributed by atoms with van der Waals surface area (Å²) >= 11 is 5.97. The molecule has 0 heterocycles. The summed E-state index contributed by atoms with van der Waals surface area (Å²) in [5.74, 6) is 1.34. The van der Waals surface area contributed by atoms with Crippen LogP contribution in [0.4, 0.5) is 0 Å². The molecular weight excluding hydrogens is 434 g/mol. The first kappa shape index (κ1) is 22.7. The van der Waals surface area contributed by atoms with Crippen molar-refractivity contribution in [1.29, 1.82) is 0 Å². The van der Waals surface area contributed by atoms with Gasteiger partial charge in [-0.15, -0.1) is 0 Å². The zero-order valence-corrected chi connectivity index (χ0v) is 19.4. The van der Waals surface area contributed by atoms with Gasteiger partial charge in [0.25, 0.3) is 5.91 Å². The van der Waals surface area contributed by atoms with Gasteiger partial charge in [-0.2, -0.15) is 0 Å². The van der Waals surface area contributed by atoms with Crippen molar-refractivity contribution in [2.45, 2.75) is 26.5 Å². The molecule has 33 heavy (non-hydrogen) atoms. The maximum Gasteiger partial charge on any atom is 0.251 e. The Balaban J connectivity index is 1.53. The molecule has 0 unspecified atom stereocenters. The molecule has 5 heteroatoms. The van der Waals surface area contributed by atoms with Crippen LogP contribution in [0.15, 0.2) is 84.9 Å². The third kappa shape index (κ3) is 5.47. The molecule has 0 fully saturated rings. The Kier molecular flexibility index (Phi) is 7.16. The summed E-state index contributed by atoms with van der Waals surface area (Å²) in [5.41, 5.74) is 2.35. The van der Waals surface area contributed by atoms with Gasteiger partial charge in [-0.05, 0) is 61.2 Å². The lowest BCUT2D eigenvalue weighted by atomic mass is 10.1. The molecule has 0 saturated heterocycles. The van der Waals surface area contributed by atoms with Gasteiger partial charge in [0, 0.05) is 21.5 Å². The van der Waals surface area contributed by atoms with E-state index in [1.807, 2.05) is 80.6 Å². The lowest BCUT2D eigenvalue weighted by Gasteiger charge is -2.17. The number of ether oxygens (including phenoxy) is 2. The van der Waals surface area contributed by atoms with Crippen LogP contribution < -0.4 is 14.8 Å². The number of amides is 1. The fourth-order valence-electron chi connectivity index (χ4n) is 3.72. The van der Waals surface area contributed by atoms with Crippen molar-refractivity contribution in [2.75, 3.05) is 6.61 Å². The third-order valence-electron chi connectivity index (χ3n) is 5.47. The van der Waals surface area contributed by atoms with E-state index >= 15 is 0 Å². The average Bonchev–Trinajstić information content (AvgIpc) is 2.84. The topological polar surface area (TPSA) is 47.6 Å². The zero-order valence-electron chi connectivity index (χ0n) is 18.7. The van der Waals surface area contributed by atoms with Gasteiger partial charge in [0.1, 0.15) is 18.1 Å². The molecule has 0 bridgehead atoms. The molecule has 0 saturated carbocycles. The number of benzene rings is 4. The quantitative estimate of drug-likeness (QED) is 0.309. The van der Waals surface area contributed by atoms with Crippen LogP contribution >= 0.6 is 11.6 Å². The summed E-state index contributed by atoms with van der Waals surface area (Å²) in [6.07, 6.45) is 0. The monoisotopic (exact) mass is 459 g/mol. The molecule has 4 nitrogen and oxygen atoms in total. The molecule has 0 aliphatic carbocycles. The molecule has 168 valence electrons. The number of hydrogen-bond donors (Lipinski definition) is 1. The van der Waals surface area contributed by atoms with Crippen LogP contribution in [0.3, 0.4) is 0 Å². The van der Waals surface area contributed by atoms with Gasteiger partial charge in [-0.1, -0.05) is 60.1 Å². The largest absolute Gasteiger partial charge is 0.493 e. The molecule has 4 aromatic carbocycles. The van der Waals surface area contributed by atoms with E-state index in [0.29, 0.717) is 22.9 Å². The Morgan fingerprint density at radius 2 is 1.67 bits per heavy atom. The van der Waals surface area contributed by atoms with Gasteiger partial charge in [0.05, 0.1) is 12.6 Å². The lowest BCUT2D eigenvalue weighted by molar-refractivity contribution is 0.0939. The van der Waals surface area contributed by atoms with Gasteiger partial charge in [0.2, 0.25) is 0 Å². The minimum absolute atomic E-state index is 0.156. The van der Waals surface area contributed by atoms with E-state index in [9.17, 15) is 4.79 Å². The van der Waals surface area contributed by atoms with E-state index in [0.717, 1.165) is 27.6 Å². The molecule has 1 N–H and O–H groups in total. The summed E-state index contributed by atoms with van der Waals surface area (Å²) in [6, 6.07) is 26.8. The van der Waals surface area contributed by atoms with E-state index in [2.05, 4.69) is 17.4 Å². The van der Waals surface area contributed by atoms with Gasteiger partial charge >= 0.3 is 0 Å². The van der Waals surface area contributed by atoms with Crippen molar-refractivity contribution in [3.05, 3.63) is 107 Å². The predicted molar refractivity (Wildman–Crippen MR) is 133 cm³/mol. The van der Waals surface area contributed by atoms with Crippen LogP contribution in [-0.2, 0) is 6.61 Å². The molecule has 0 aliphatic heterocycles. The molecule has 0 spiro atoms. The molecule has 4 rings (SSSR count). The first-order valence-corrected chi connectivity index (χ1v) is 11.4. The van der Waals surface area contributed by atoms with E-state index < -0.39 is 0 Å². The van der Waals surface area contributed by atoms with Crippen molar-refractivity contribution in [1.82, 2.24) is 5.32 Å². The Bertz CT molecular complexity index is 1250. The van der Waals surface area contributed by atoms with Crippen LogP contribution in [0.2, 0.25) is 5.02 Å². The maximum absolute atomic E-state index is 12.9. The Morgan fingerprint density at radius 3 is 2.45 bits per heavy atom. The minimum atomic E-state index is -0.160. The minimum Gasteiger partial charge on any atom is -0.493 e. The molecule has 0 radical (unpaired) electrons. The fraction of sp³-hybridized carbons (Fsp3) is 0.179. The number of carbonyl (C=O) groups is 1. The molecule has 0 aliphatic rings. The van der Waals surface area contributed by atoms with E-state index in [1.54, 1.807) is 6.07 Å². The second-order valence-corrected chi connectivity index (χ2v) is 8.20. The number of fused-ring (bicyclic) bond motifs is 1. The van der Waals surface area contributed by atoms with Gasteiger partial charge < -0.3 is 14.8 Å². The highest BCUT2D eigenvalue weighted by Crippen LogP contribution is 2.28. The number of carbonyl (C=O) groups excluding carboxylic acids is 1. The van der Waals surface area contributed by atoms with E-state index in [4.69, 9.17) is 21.1 Å². The smallest absolute Gasteiger partial charge is 0.251 e. The maximum atomic E-state index is 12.9. The molecular formula is C28H26ClNO3. The van der Waals surface area contributed by atoms with Crippen LogP contribution in [0.1, 0.15) is 41.4 Å². The Labute approximate surface area is 199 Å². The SMILES string of the molecule is CCOc1ccc(C(=O)N[C@@H](C)c2ccc(Cl)cc2)cc1COc1cccc2ccccc12. The van der Waals surface area contributed by atoms with E-state index in [-0.39, 0.29) is 18.6 Å². The van der Waals surface area contributed by atoms with Crippen molar-refractivity contribution in [3.63, 3.8) is 0 Å². The zero-order chi connectivity index (χ0) is 23.2. The highest BCUT2D eigenvalue weighted by atomic mass is 35.5. The fourth-order valence-corrected chi connectivity index (χ4v) is 3.85. The Hall–Kier alpha value is -3.50. The second-order valence-electron chi connectivity index (χ2n) is 7.77. The molecule has 1 atom stereocenters. The first-order chi connectivity index (χ1) is 16.0. The molecule has 4 aromatic rings. The highest BCUT2D eigenvalue weighted by Gasteiger charge is 2.15. The third-order valence-corrected chi connectivity index (χ3v) is 5.72. The standard InChI is InChI=1S/C28H26ClNO3/c1-3-32-26-16-13-22(28(31)30-19(2)20-11-14-24(29)15-12-20)17-23(26)18-33-27-10-6-8-21-7-4-5-9-25(21)27/h4-17,19H,3,18H2,1-2H3,(H,30,31)/t19-/m0/s1. The van der Waals surface area contributed by atoms with Gasteiger partial charge in [-0.25, -0.2) is 0 Å². The van der Waals surface area contributed by atoms with E-state index in [1.165, 1.54) is 0 Å². The number of hydrogen-bond acceptors (Lipinski definition) is 3. The second kappa shape index (κ2) is 10.4. The highest BCUT2D eigenvalue weighted by molar-refractivity contribution is 6.30. The van der Waals surface area contributed by atoms with Crippen LogP contribution in [-0.4, -0.2) is 12.5 Å². The lowest BCUT2D eigenvalue weighted by Crippen LogP contribution is -2.26. The van der Waals surface area contributed by atoms with Gasteiger partial charge in [-0.3, -0.25) is 4.79 Å². The van der Waals surface area contributed by atoms with Crippen molar-refractivity contribution >= 4 is 28.3 Å². The Morgan fingerprint density at radius 1 is 0.909 bits per heavy atom. The van der Waals surface area contributed by atoms with Gasteiger partial charge in [0.15, 0.2) is 0 Å². The normalized spacial score (nSPS) is 11.7. The summed E-state index contributed by atoms with van der Waals surface area (Å²) in [7, 11) is 0. The van der Waals surface area contributed by atoms with Crippen molar-refractivity contribution in [3.8, 4) is 11.5 Å². The van der Waals surface area contributed by atoms with Crippen LogP contribution in [0.25, 0.3) is 10.8 Å². The van der Waals surface area contributed by atoms with Crippen LogP contribution in [0.5, 0.6) is 11.5 Å². The van der Waals surface area contributed by atoms with Crippen molar-refractivity contribution in [2.24, 2.45) is 0 Å². The number of nitrogens with one attached hydrogen (secondary N) is 1. The molecule has 1 amide bonds. The summed E-state index contributed by atoms with van der Waals surface area (Å²) in [5, 5.41) is 5.87. The number of rotatable bonds is 8. The summed E-state index contributed by atoms with van der Waals surface area (Å²) in [6.45, 7) is 4.70. The van der Waals surface area contributed by atoms with Crippen molar-refractivity contribution < 1.29 is 14.3 Å². The first-order valence-electron chi connectivity index (χ1n) is 11.0.